The van der Waals surface area contributed by atoms with Gasteiger partial charge in [-0.2, -0.15) is 0 Å². The molecule has 1 fully saturated rings. The van der Waals surface area contributed by atoms with Gasteiger partial charge in [0.05, 0.1) is 29.5 Å². The monoisotopic (exact) mass is 254 g/mol. The third-order valence-corrected chi connectivity index (χ3v) is 4.03. The Hall–Kier alpha value is -0.940. The van der Waals surface area contributed by atoms with Gasteiger partial charge in [-0.3, -0.25) is 4.79 Å². The van der Waals surface area contributed by atoms with Crippen LogP contribution in [0.1, 0.15) is 34.2 Å². The van der Waals surface area contributed by atoms with Crippen molar-refractivity contribution in [2.75, 3.05) is 13.2 Å². The minimum absolute atomic E-state index is 0.0933. The summed E-state index contributed by atoms with van der Waals surface area (Å²) in [7, 11) is 0. The summed E-state index contributed by atoms with van der Waals surface area (Å²) in [6.45, 7) is 9.12. The van der Waals surface area contributed by atoms with Crippen LogP contribution in [-0.4, -0.2) is 41.1 Å². The lowest BCUT2D eigenvalue weighted by Gasteiger charge is -2.36. The second-order valence-electron chi connectivity index (χ2n) is 4.60. The fraction of sp³-hybridized carbons (Fsp3) is 0.667. The molecule has 1 amide bonds. The van der Waals surface area contributed by atoms with Crippen LogP contribution < -0.4 is 0 Å². The van der Waals surface area contributed by atoms with Crippen molar-refractivity contribution in [1.82, 2.24) is 9.88 Å². The van der Waals surface area contributed by atoms with Crippen LogP contribution in [0, 0.1) is 13.8 Å². The number of thiazole rings is 1. The van der Waals surface area contributed by atoms with E-state index in [1.165, 1.54) is 11.3 Å². The van der Waals surface area contributed by atoms with Gasteiger partial charge < -0.3 is 9.64 Å². The molecule has 94 valence electrons. The molecule has 0 spiro atoms. The van der Waals surface area contributed by atoms with E-state index in [4.69, 9.17) is 4.74 Å². The Morgan fingerprint density at radius 2 is 2.18 bits per heavy atom. The van der Waals surface area contributed by atoms with E-state index in [0.29, 0.717) is 13.2 Å². The van der Waals surface area contributed by atoms with E-state index in [1.807, 2.05) is 32.6 Å². The van der Waals surface area contributed by atoms with E-state index in [0.717, 1.165) is 15.6 Å². The van der Waals surface area contributed by atoms with E-state index in [1.54, 1.807) is 0 Å². The molecular weight excluding hydrogens is 236 g/mol. The lowest BCUT2D eigenvalue weighted by molar-refractivity contribution is -0.0385. The zero-order valence-corrected chi connectivity index (χ0v) is 11.5. The van der Waals surface area contributed by atoms with Crippen molar-refractivity contribution in [3.63, 3.8) is 0 Å². The number of hydrogen-bond donors (Lipinski definition) is 0. The summed E-state index contributed by atoms with van der Waals surface area (Å²) in [4.78, 5) is 19.4. The van der Waals surface area contributed by atoms with Crippen LogP contribution in [0.3, 0.4) is 0 Å². The predicted octanol–water partition coefficient (Wildman–Crippen LogP) is 2.01. The first-order valence-corrected chi connectivity index (χ1v) is 6.67. The molecule has 0 unspecified atom stereocenters. The summed E-state index contributed by atoms with van der Waals surface area (Å²) in [6, 6.07) is 0.139. The number of nitrogens with zero attached hydrogens (tertiary/aromatic N) is 2. The fourth-order valence-corrected chi connectivity index (χ4v) is 2.92. The van der Waals surface area contributed by atoms with E-state index in [2.05, 4.69) is 4.98 Å². The van der Waals surface area contributed by atoms with Crippen LogP contribution in [0.15, 0.2) is 0 Å². The maximum atomic E-state index is 12.4. The van der Waals surface area contributed by atoms with E-state index >= 15 is 0 Å². The van der Waals surface area contributed by atoms with Crippen molar-refractivity contribution < 1.29 is 9.53 Å². The lowest BCUT2D eigenvalue weighted by atomic mass is 10.2. The second kappa shape index (κ2) is 4.74. The molecule has 2 heterocycles. The highest BCUT2D eigenvalue weighted by atomic mass is 32.1. The maximum absolute atomic E-state index is 12.4. The molecule has 1 aromatic rings. The van der Waals surface area contributed by atoms with Crippen LogP contribution in [0.2, 0.25) is 0 Å². The van der Waals surface area contributed by atoms with Crippen molar-refractivity contribution in [3.05, 3.63) is 15.6 Å². The second-order valence-corrected chi connectivity index (χ2v) is 5.80. The van der Waals surface area contributed by atoms with Crippen molar-refractivity contribution >= 4 is 17.2 Å². The zero-order chi connectivity index (χ0) is 12.6. The molecule has 5 heteroatoms. The largest absolute Gasteiger partial charge is 0.375 e. The Kier molecular flexibility index (Phi) is 3.49. The Morgan fingerprint density at radius 3 is 2.76 bits per heavy atom. The SMILES string of the molecule is Cc1nc(C)c(C(=O)N2C[C@@H](C)OC[C@H]2C)s1. The van der Waals surface area contributed by atoms with Crippen LogP contribution in [0.25, 0.3) is 0 Å². The molecule has 1 aliphatic heterocycles. The van der Waals surface area contributed by atoms with E-state index < -0.39 is 0 Å². The Balaban J connectivity index is 2.21. The summed E-state index contributed by atoms with van der Waals surface area (Å²) in [5.41, 5.74) is 0.837. The number of rotatable bonds is 1. The third-order valence-electron chi connectivity index (χ3n) is 2.97. The van der Waals surface area contributed by atoms with Crippen LogP contribution in [0.4, 0.5) is 0 Å². The highest BCUT2D eigenvalue weighted by Gasteiger charge is 2.30. The zero-order valence-electron chi connectivity index (χ0n) is 10.7. The summed E-state index contributed by atoms with van der Waals surface area (Å²) < 4.78 is 5.54. The number of aromatic nitrogens is 1. The molecule has 1 aliphatic rings. The topological polar surface area (TPSA) is 42.4 Å². The lowest BCUT2D eigenvalue weighted by Crippen LogP contribution is -2.50. The summed E-state index contributed by atoms with van der Waals surface area (Å²) in [5, 5.41) is 0.944. The fourth-order valence-electron chi connectivity index (χ4n) is 2.05. The van der Waals surface area contributed by atoms with Gasteiger partial charge in [-0.1, -0.05) is 0 Å². The van der Waals surface area contributed by atoms with Gasteiger partial charge in [0.15, 0.2) is 0 Å². The molecule has 0 radical (unpaired) electrons. The average Bonchev–Trinajstić information content (AvgIpc) is 2.60. The number of amides is 1. The average molecular weight is 254 g/mol. The standard InChI is InChI=1S/C12H18N2O2S/c1-7-6-16-8(2)5-14(7)12(15)11-9(3)13-10(4)17-11/h7-8H,5-6H2,1-4H3/t7-,8-/m1/s1. The number of carbonyl (C=O) groups is 1. The Labute approximate surface area is 106 Å². The predicted molar refractivity (Wildman–Crippen MR) is 67.5 cm³/mol. The first kappa shape index (κ1) is 12.5. The molecule has 0 aliphatic carbocycles. The summed E-state index contributed by atoms with van der Waals surface area (Å²) >= 11 is 1.48. The van der Waals surface area contributed by atoms with E-state index in [-0.39, 0.29) is 18.1 Å². The number of carbonyl (C=O) groups excluding carboxylic acids is 1. The van der Waals surface area contributed by atoms with Gasteiger partial charge in [-0.25, -0.2) is 4.98 Å². The molecule has 1 saturated heterocycles. The summed E-state index contributed by atoms with van der Waals surface area (Å²) in [6.07, 6.45) is 0.115. The van der Waals surface area contributed by atoms with E-state index in [9.17, 15) is 4.79 Å². The Bertz CT molecular complexity index is 430. The van der Waals surface area contributed by atoms with Crippen molar-refractivity contribution in [2.24, 2.45) is 0 Å². The molecule has 0 bridgehead atoms. The molecule has 1 aromatic heterocycles. The Morgan fingerprint density at radius 1 is 1.47 bits per heavy atom. The molecule has 0 aromatic carbocycles. The van der Waals surface area contributed by atoms with Crippen LogP contribution >= 0.6 is 11.3 Å². The number of morpholine rings is 1. The first-order valence-electron chi connectivity index (χ1n) is 5.85. The maximum Gasteiger partial charge on any atom is 0.266 e. The molecule has 0 saturated carbocycles. The van der Waals surface area contributed by atoms with Crippen LogP contribution in [0.5, 0.6) is 0 Å². The molecule has 4 nitrogen and oxygen atoms in total. The van der Waals surface area contributed by atoms with Gasteiger partial charge in [0, 0.05) is 6.54 Å². The van der Waals surface area contributed by atoms with Gasteiger partial charge in [-0.05, 0) is 27.7 Å². The smallest absolute Gasteiger partial charge is 0.266 e. The van der Waals surface area contributed by atoms with Crippen molar-refractivity contribution in [2.45, 2.75) is 39.8 Å². The molecule has 17 heavy (non-hydrogen) atoms. The molecular formula is C12H18N2O2S. The van der Waals surface area contributed by atoms with Gasteiger partial charge >= 0.3 is 0 Å². The number of ether oxygens (including phenoxy) is 1. The van der Waals surface area contributed by atoms with Crippen molar-refractivity contribution in [1.29, 1.82) is 0 Å². The minimum atomic E-state index is 0.0933. The van der Waals surface area contributed by atoms with Crippen molar-refractivity contribution in [3.8, 4) is 0 Å². The molecule has 2 atom stereocenters. The molecule has 0 N–H and O–H groups in total. The third kappa shape index (κ3) is 2.50. The normalized spacial score (nSPS) is 25.1. The quantitative estimate of drug-likeness (QED) is 0.770. The van der Waals surface area contributed by atoms with Gasteiger partial charge in [0.2, 0.25) is 0 Å². The van der Waals surface area contributed by atoms with Gasteiger partial charge in [0.25, 0.3) is 5.91 Å². The van der Waals surface area contributed by atoms with Gasteiger partial charge in [-0.15, -0.1) is 11.3 Å². The summed E-state index contributed by atoms with van der Waals surface area (Å²) in [5.74, 6) is 0.0933. The first-order chi connectivity index (χ1) is 7.99. The number of hydrogen-bond acceptors (Lipinski definition) is 4. The number of aryl methyl sites for hydroxylation is 2. The van der Waals surface area contributed by atoms with Gasteiger partial charge in [0.1, 0.15) is 4.88 Å². The molecule has 2 rings (SSSR count). The minimum Gasteiger partial charge on any atom is -0.375 e. The highest BCUT2D eigenvalue weighted by Crippen LogP contribution is 2.22. The van der Waals surface area contributed by atoms with Crippen LogP contribution in [-0.2, 0) is 4.74 Å². The highest BCUT2D eigenvalue weighted by molar-refractivity contribution is 7.13.